The molecule has 0 atom stereocenters. The lowest BCUT2D eigenvalue weighted by molar-refractivity contribution is 0.245. The third-order valence-electron chi connectivity index (χ3n) is 3.57. The van der Waals surface area contributed by atoms with Crippen molar-refractivity contribution in [2.75, 3.05) is 11.4 Å². The summed E-state index contributed by atoms with van der Waals surface area (Å²) in [7, 11) is 0. The third-order valence-corrected chi connectivity index (χ3v) is 3.90. The molecule has 0 saturated heterocycles. The number of anilines is 1. The highest BCUT2D eigenvalue weighted by molar-refractivity contribution is 6.33. The zero-order valence-electron chi connectivity index (χ0n) is 12.9. The Morgan fingerprint density at radius 2 is 1.92 bits per heavy atom. The molecule has 0 saturated carbocycles. The molecule has 0 bridgehead atoms. The maximum atomic E-state index is 14.1. The number of hydrogen-bond donors (Lipinski definition) is 0. The number of benzene rings is 2. The van der Waals surface area contributed by atoms with Gasteiger partial charge in [-0.2, -0.15) is 4.68 Å². The summed E-state index contributed by atoms with van der Waals surface area (Å²) in [6, 6.07) is 12.7. The van der Waals surface area contributed by atoms with Gasteiger partial charge >= 0.3 is 6.03 Å². The van der Waals surface area contributed by atoms with E-state index in [2.05, 4.69) is 10.3 Å². The summed E-state index contributed by atoms with van der Waals surface area (Å²) in [5.74, 6) is -0.480. The number of carbonyl (C=O) groups excluding carboxylic acids is 1. The first-order chi connectivity index (χ1) is 11.6. The number of nitrogens with zero attached hydrogens (tertiary/aromatic N) is 4. The zero-order valence-corrected chi connectivity index (χ0v) is 13.6. The average molecular weight is 345 g/mol. The standard InChI is InChI=1S/C17H14ClFN4O/c1-2-22(15-10-6-5-9-14(15)19)17(24)23-16(11-20-21-23)12-7-3-4-8-13(12)18/h3-11H,2H2,1H3. The Balaban J connectivity index is 2.04. The lowest BCUT2D eigenvalue weighted by atomic mass is 10.2. The largest absolute Gasteiger partial charge is 0.351 e. The number of carbonyl (C=O) groups is 1. The van der Waals surface area contributed by atoms with Crippen LogP contribution >= 0.6 is 11.6 Å². The average Bonchev–Trinajstić information content (AvgIpc) is 3.07. The minimum atomic E-state index is -0.505. The molecule has 0 N–H and O–H groups in total. The Morgan fingerprint density at radius 1 is 1.21 bits per heavy atom. The Morgan fingerprint density at radius 3 is 2.62 bits per heavy atom. The summed E-state index contributed by atoms with van der Waals surface area (Å²) in [5.41, 5.74) is 1.26. The molecule has 0 aliphatic heterocycles. The molecule has 7 heteroatoms. The molecule has 3 rings (SSSR count). The molecule has 0 fully saturated rings. The molecule has 24 heavy (non-hydrogen) atoms. The van der Waals surface area contributed by atoms with Gasteiger partial charge < -0.3 is 0 Å². The summed E-state index contributed by atoms with van der Waals surface area (Å²) in [5, 5.41) is 8.13. The highest BCUT2D eigenvalue weighted by Gasteiger charge is 2.23. The Labute approximate surface area is 143 Å². The van der Waals surface area contributed by atoms with Crippen LogP contribution in [0.5, 0.6) is 0 Å². The zero-order chi connectivity index (χ0) is 17.1. The van der Waals surface area contributed by atoms with Gasteiger partial charge in [0, 0.05) is 12.1 Å². The fraction of sp³-hybridized carbons (Fsp3) is 0.118. The van der Waals surface area contributed by atoms with Crippen LogP contribution in [0.2, 0.25) is 5.02 Å². The molecular weight excluding hydrogens is 331 g/mol. The predicted molar refractivity (Wildman–Crippen MR) is 90.7 cm³/mol. The molecule has 3 aromatic rings. The lowest BCUT2D eigenvalue weighted by Gasteiger charge is -2.21. The predicted octanol–water partition coefficient (Wildman–Crippen LogP) is 4.23. The van der Waals surface area contributed by atoms with Crippen LogP contribution < -0.4 is 4.90 Å². The van der Waals surface area contributed by atoms with Crippen molar-refractivity contribution < 1.29 is 9.18 Å². The Bertz CT molecular complexity index is 880. The van der Waals surface area contributed by atoms with Crippen LogP contribution in [-0.2, 0) is 0 Å². The quantitative estimate of drug-likeness (QED) is 0.714. The van der Waals surface area contributed by atoms with Gasteiger partial charge in [0.1, 0.15) is 11.5 Å². The molecule has 122 valence electrons. The van der Waals surface area contributed by atoms with Crippen LogP contribution in [0, 0.1) is 5.82 Å². The maximum Gasteiger partial charge on any atom is 0.351 e. The second-order valence-corrected chi connectivity index (χ2v) is 5.40. The van der Waals surface area contributed by atoms with Crippen molar-refractivity contribution in [3.63, 3.8) is 0 Å². The maximum absolute atomic E-state index is 14.1. The van der Waals surface area contributed by atoms with Gasteiger partial charge in [-0.3, -0.25) is 4.90 Å². The molecular formula is C17H14ClFN4O. The normalized spacial score (nSPS) is 10.6. The van der Waals surface area contributed by atoms with E-state index in [1.165, 1.54) is 17.2 Å². The molecule has 1 aromatic heterocycles. The van der Waals surface area contributed by atoms with Crippen LogP contribution in [-0.4, -0.2) is 27.6 Å². The molecule has 1 heterocycles. The molecule has 5 nitrogen and oxygen atoms in total. The van der Waals surface area contributed by atoms with Crippen LogP contribution in [0.4, 0.5) is 14.9 Å². The van der Waals surface area contributed by atoms with Gasteiger partial charge in [0.15, 0.2) is 0 Å². The van der Waals surface area contributed by atoms with E-state index in [9.17, 15) is 9.18 Å². The van der Waals surface area contributed by atoms with Crippen LogP contribution in [0.3, 0.4) is 0 Å². The van der Waals surface area contributed by atoms with Gasteiger partial charge in [0.25, 0.3) is 0 Å². The van der Waals surface area contributed by atoms with Crippen molar-refractivity contribution >= 4 is 23.3 Å². The monoisotopic (exact) mass is 344 g/mol. The molecule has 0 unspecified atom stereocenters. The number of amides is 1. The van der Waals surface area contributed by atoms with Gasteiger partial charge in [0.2, 0.25) is 0 Å². The fourth-order valence-electron chi connectivity index (χ4n) is 2.42. The van der Waals surface area contributed by atoms with Gasteiger partial charge in [-0.1, -0.05) is 47.1 Å². The van der Waals surface area contributed by atoms with E-state index in [-0.39, 0.29) is 12.2 Å². The van der Waals surface area contributed by atoms with E-state index in [0.717, 1.165) is 4.68 Å². The van der Waals surface area contributed by atoms with E-state index >= 15 is 0 Å². The van der Waals surface area contributed by atoms with Gasteiger partial charge in [-0.05, 0) is 25.1 Å². The fourth-order valence-corrected chi connectivity index (χ4v) is 2.66. The Kier molecular flexibility index (Phi) is 4.57. The van der Waals surface area contributed by atoms with E-state index in [0.29, 0.717) is 16.3 Å². The molecule has 0 aliphatic rings. The molecule has 2 aromatic carbocycles. The Hall–Kier alpha value is -2.73. The first kappa shape index (κ1) is 16.1. The smallest absolute Gasteiger partial charge is 0.290 e. The number of halogens is 2. The van der Waals surface area contributed by atoms with Gasteiger partial charge in [0.05, 0.1) is 16.9 Å². The number of rotatable bonds is 3. The highest BCUT2D eigenvalue weighted by Crippen LogP contribution is 2.27. The van der Waals surface area contributed by atoms with E-state index < -0.39 is 11.8 Å². The van der Waals surface area contributed by atoms with E-state index in [1.54, 1.807) is 49.4 Å². The number of para-hydroxylation sites is 1. The minimum absolute atomic E-state index is 0.186. The lowest BCUT2D eigenvalue weighted by Crippen LogP contribution is -2.36. The van der Waals surface area contributed by atoms with E-state index in [1.807, 2.05) is 0 Å². The van der Waals surface area contributed by atoms with Crippen molar-refractivity contribution in [1.29, 1.82) is 0 Å². The minimum Gasteiger partial charge on any atom is -0.290 e. The summed E-state index contributed by atoms with van der Waals surface area (Å²) in [6.45, 7) is 2.04. The first-order valence-corrected chi connectivity index (χ1v) is 7.73. The number of aromatic nitrogens is 3. The van der Waals surface area contributed by atoms with Crippen molar-refractivity contribution in [3.8, 4) is 11.3 Å². The van der Waals surface area contributed by atoms with Gasteiger partial charge in [-0.15, -0.1) is 5.10 Å². The molecule has 0 radical (unpaired) electrons. The third kappa shape index (κ3) is 2.88. The van der Waals surface area contributed by atoms with Crippen molar-refractivity contribution in [3.05, 3.63) is 65.6 Å². The topological polar surface area (TPSA) is 51.0 Å². The summed E-state index contributed by atoms with van der Waals surface area (Å²) < 4.78 is 15.2. The van der Waals surface area contributed by atoms with Crippen molar-refractivity contribution in [2.45, 2.75) is 6.92 Å². The highest BCUT2D eigenvalue weighted by atomic mass is 35.5. The van der Waals surface area contributed by atoms with Crippen LogP contribution in [0.25, 0.3) is 11.3 Å². The molecule has 1 amide bonds. The molecule has 0 aliphatic carbocycles. The summed E-state index contributed by atoms with van der Waals surface area (Å²) >= 11 is 6.19. The number of hydrogen-bond acceptors (Lipinski definition) is 3. The second kappa shape index (κ2) is 6.80. The second-order valence-electron chi connectivity index (χ2n) is 4.99. The summed E-state index contributed by atoms with van der Waals surface area (Å²) in [4.78, 5) is 14.2. The van der Waals surface area contributed by atoms with Crippen LogP contribution in [0.1, 0.15) is 6.92 Å². The van der Waals surface area contributed by atoms with Crippen LogP contribution in [0.15, 0.2) is 54.7 Å². The van der Waals surface area contributed by atoms with Gasteiger partial charge in [-0.25, -0.2) is 9.18 Å². The summed E-state index contributed by atoms with van der Waals surface area (Å²) in [6.07, 6.45) is 1.45. The molecule has 0 spiro atoms. The SMILES string of the molecule is CCN(C(=O)n1nncc1-c1ccccc1Cl)c1ccccc1F. The van der Waals surface area contributed by atoms with E-state index in [4.69, 9.17) is 11.6 Å². The first-order valence-electron chi connectivity index (χ1n) is 7.35. The van der Waals surface area contributed by atoms with Crippen molar-refractivity contribution in [2.24, 2.45) is 0 Å². The van der Waals surface area contributed by atoms with Crippen molar-refractivity contribution in [1.82, 2.24) is 15.0 Å².